The summed E-state index contributed by atoms with van der Waals surface area (Å²) in [6, 6.07) is 5.09. The van der Waals surface area contributed by atoms with Gasteiger partial charge in [0.05, 0.1) is 0 Å². The molecule has 1 N–H and O–H groups in total. The molecule has 0 saturated heterocycles. The fourth-order valence-electron chi connectivity index (χ4n) is 1.93. The van der Waals surface area contributed by atoms with Gasteiger partial charge in [0.1, 0.15) is 5.41 Å². The zero-order valence-corrected chi connectivity index (χ0v) is 11.0. The highest BCUT2D eigenvalue weighted by Crippen LogP contribution is 2.57. The summed E-state index contributed by atoms with van der Waals surface area (Å²) >= 11 is 5.85. The molecule has 6 heteroatoms. The minimum Gasteiger partial charge on any atom is -0.351 e. The summed E-state index contributed by atoms with van der Waals surface area (Å²) in [6.07, 6.45) is -4.71. The number of carbonyl (C=O) groups excluding carboxylic acids is 1. The second-order valence-electron chi connectivity index (χ2n) is 4.85. The number of rotatable bonds is 3. The van der Waals surface area contributed by atoms with Crippen molar-refractivity contribution in [2.75, 3.05) is 0 Å². The molecule has 1 aromatic rings. The summed E-state index contributed by atoms with van der Waals surface area (Å²) in [5.74, 6) is -0.937. The van der Waals surface area contributed by atoms with E-state index in [4.69, 9.17) is 11.6 Å². The molecule has 1 aliphatic rings. The fraction of sp³-hybridized carbons (Fsp3) is 0.462. The van der Waals surface area contributed by atoms with Gasteiger partial charge in [0, 0.05) is 11.6 Å². The van der Waals surface area contributed by atoms with Crippen LogP contribution in [0.2, 0.25) is 5.02 Å². The van der Waals surface area contributed by atoms with Crippen LogP contribution >= 0.6 is 11.6 Å². The second-order valence-corrected chi connectivity index (χ2v) is 5.25. The lowest BCUT2D eigenvalue weighted by molar-refractivity contribution is -0.192. The Morgan fingerprint density at radius 1 is 1.42 bits per heavy atom. The van der Waals surface area contributed by atoms with Gasteiger partial charge in [-0.1, -0.05) is 23.7 Å². The normalized spacial score (nSPS) is 17.1. The van der Waals surface area contributed by atoms with E-state index in [0.717, 1.165) is 11.1 Å². The third-order valence-electron chi connectivity index (χ3n) is 3.40. The van der Waals surface area contributed by atoms with Crippen LogP contribution in [0, 0.1) is 12.3 Å². The van der Waals surface area contributed by atoms with Crippen molar-refractivity contribution in [3.05, 3.63) is 34.3 Å². The van der Waals surface area contributed by atoms with Crippen LogP contribution in [0.25, 0.3) is 0 Å². The van der Waals surface area contributed by atoms with Gasteiger partial charge >= 0.3 is 6.18 Å². The van der Waals surface area contributed by atoms with E-state index in [1.54, 1.807) is 25.1 Å². The maximum absolute atomic E-state index is 12.7. The third kappa shape index (κ3) is 2.71. The van der Waals surface area contributed by atoms with Gasteiger partial charge in [0.25, 0.3) is 0 Å². The maximum atomic E-state index is 12.7. The molecule has 19 heavy (non-hydrogen) atoms. The van der Waals surface area contributed by atoms with Gasteiger partial charge in [0.15, 0.2) is 0 Å². The molecule has 0 radical (unpaired) electrons. The molecule has 0 unspecified atom stereocenters. The van der Waals surface area contributed by atoms with Crippen molar-refractivity contribution in [1.29, 1.82) is 0 Å². The molecule has 1 aliphatic carbocycles. The molecule has 0 spiro atoms. The summed E-state index contributed by atoms with van der Waals surface area (Å²) in [6.45, 7) is 1.88. The van der Waals surface area contributed by atoms with Crippen LogP contribution in [0.1, 0.15) is 24.0 Å². The third-order valence-corrected chi connectivity index (χ3v) is 3.83. The molecule has 2 nitrogen and oxygen atoms in total. The van der Waals surface area contributed by atoms with Gasteiger partial charge in [-0.2, -0.15) is 13.2 Å². The number of amides is 1. The van der Waals surface area contributed by atoms with Crippen molar-refractivity contribution in [2.45, 2.75) is 32.5 Å². The Morgan fingerprint density at radius 2 is 2.05 bits per heavy atom. The number of aryl methyl sites for hydroxylation is 1. The van der Waals surface area contributed by atoms with Gasteiger partial charge in [-0.25, -0.2) is 0 Å². The lowest BCUT2D eigenvalue weighted by Gasteiger charge is -2.18. The summed E-state index contributed by atoms with van der Waals surface area (Å²) in [5.41, 5.74) is -0.604. The van der Waals surface area contributed by atoms with E-state index in [-0.39, 0.29) is 19.4 Å². The smallest absolute Gasteiger partial charge is 0.351 e. The van der Waals surface area contributed by atoms with Crippen molar-refractivity contribution in [1.82, 2.24) is 5.32 Å². The Balaban J connectivity index is 2.00. The molecule has 0 heterocycles. The average molecular weight is 292 g/mol. The number of halogens is 4. The first kappa shape index (κ1) is 14.2. The predicted molar refractivity (Wildman–Crippen MR) is 65.8 cm³/mol. The van der Waals surface area contributed by atoms with Crippen molar-refractivity contribution < 1.29 is 18.0 Å². The highest BCUT2D eigenvalue weighted by molar-refractivity contribution is 6.31. The summed E-state index contributed by atoms with van der Waals surface area (Å²) in [4.78, 5) is 11.6. The largest absolute Gasteiger partial charge is 0.403 e. The Bertz CT molecular complexity index is 509. The van der Waals surface area contributed by atoms with E-state index in [9.17, 15) is 18.0 Å². The van der Waals surface area contributed by atoms with Crippen LogP contribution in [0.5, 0.6) is 0 Å². The molecule has 1 fully saturated rings. The molecule has 1 amide bonds. The molecule has 0 aliphatic heterocycles. The summed E-state index contributed by atoms with van der Waals surface area (Å²) in [7, 11) is 0. The number of benzene rings is 1. The first-order valence-electron chi connectivity index (χ1n) is 5.86. The van der Waals surface area contributed by atoms with Crippen LogP contribution in [0.3, 0.4) is 0 Å². The zero-order chi connectivity index (χ0) is 14.3. The lowest BCUT2D eigenvalue weighted by Crippen LogP contribution is -2.40. The Hall–Kier alpha value is -1.23. The highest BCUT2D eigenvalue weighted by Gasteiger charge is 2.68. The van der Waals surface area contributed by atoms with Crippen molar-refractivity contribution >= 4 is 17.5 Å². The van der Waals surface area contributed by atoms with E-state index in [1.807, 2.05) is 0 Å². The van der Waals surface area contributed by atoms with Gasteiger partial charge in [-0.15, -0.1) is 0 Å². The number of alkyl halides is 3. The molecule has 0 aromatic heterocycles. The van der Waals surface area contributed by atoms with Gasteiger partial charge in [-0.3, -0.25) is 4.79 Å². The van der Waals surface area contributed by atoms with Crippen molar-refractivity contribution in [2.24, 2.45) is 5.41 Å². The number of hydrogen-bond donors (Lipinski definition) is 1. The molecule has 1 aromatic carbocycles. The van der Waals surface area contributed by atoms with Crippen molar-refractivity contribution in [3.63, 3.8) is 0 Å². The lowest BCUT2D eigenvalue weighted by atomic mass is 10.1. The van der Waals surface area contributed by atoms with Gasteiger partial charge in [0.2, 0.25) is 5.91 Å². The number of hydrogen-bond acceptors (Lipinski definition) is 1. The van der Waals surface area contributed by atoms with Crippen molar-refractivity contribution in [3.8, 4) is 0 Å². The fourth-order valence-corrected chi connectivity index (χ4v) is 2.05. The minimum absolute atomic E-state index is 0.0780. The predicted octanol–water partition coefficient (Wildman–Crippen LogP) is 3.61. The maximum Gasteiger partial charge on any atom is 0.403 e. The zero-order valence-electron chi connectivity index (χ0n) is 10.3. The van der Waals surface area contributed by atoms with E-state index in [1.165, 1.54) is 0 Å². The first-order valence-corrected chi connectivity index (χ1v) is 6.24. The van der Waals surface area contributed by atoms with Crippen LogP contribution in [0.15, 0.2) is 18.2 Å². The van der Waals surface area contributed by atoms with Gasteiger partial charge in [-0.05, 0) is 37.0 Å². The molecular weight excluding hydrogens is 279 g/mol. The van der Waals surface area contributed by atoms with E-state index >= 15 is 0 Å². The van der Waals surface area contributed by atoms with Crippen LogP contribution in [0.4, 0.5) is 13.2 Å². The Labute approximate surface area is 113 Å². The van der Waals surface area contributed by atoms with E-state index in [2.05, 4.69) is 5.32 Å². The topological polar surface area (TPSA) is 29.1 Å². The minimum atomic E-state index is -4.47. The number of nitrogens with one attached hydrogen (secondary N) is 1. The van der Waals surface area contributed by atoms with Crippen LogP contribution in [-0.2, 0) is 11.3 Å². The van der Waals surface area contributed by atoms with Gasteiger partial charge < -0.3 is 5.32 Å². The quantitative estimate of drug-likeness (QED) is 0.906. The Morgan fingerprint density at radius 3 is 2.53 bits per heavy atom. The summed E-state index contributed by atoms with van der Waals surface area (Å²) < 4.78 is 38.1. The number of carbonyl (C=O) groups is 1. The molecule has 104 valence electrons. The first-order chi connectivity index (χ1) is 8.76. The molecule has 0 atom stereocenters. The molecule has 2 rings (SSSR count). The van der Waals surface area contributed by atoms with E-state index < -0.39 is 17.5 Å². The highest BCUT2D eigenvalue weighted by atomic mass is 35.5. The molecule has 1 saturated carbocycles. The monoisotopic (exact) mass is 291 g/mol. The SMILES string of the molecule is Cc1cc(CNC(=O)C2(C(F)(F)F)CC2)ccc1Cl. The Kier molecular flexibility index (Phi) is 3.51. The van der Waals surface area contributed by atoms with Crippen LogP contribution < -0.4 is 5.32 Å². The summed E-state index contributed by atoms with van der Waals surface area (Å²) in [5, 5.41) is 2.94. The average Bonchev–Trinajstić information content (AvgIpc) is 3.10. The second kappa shape index (κ2) is 4.71. The standard InChI is InChI=1S/C13H13ClF3NO/c1-8-6-9(2-3-10(8)14)7-18-11(19)12(4-5-12)13(15,16)17/h2-3,6H,4-5,7H2,1H3,(H,18,19). The molecular formula is C13H13ClF3NO. The van der Waals surface area contributed by atoms with Crippen LogP contribution in [-0.4, -0.2) is 12.1 Å². The van der Waals surface area contributed by atoms with E-state index in [0.29, 0.717) is 5.02 Å². The molecule has 0 bridgehead atoms.